The van der Waals surface area contributed by atoms with Crippen LogP contribution in [0.25, 0.3) is 0 Å². The molecule has 2 nitrogen and oxygen atoms in total. The standard InChI is InChI=1S/C17H29NO/c1-7-18-16(13(2)19-6)12-14-8-10-15(11-9-14)17(3,4)5/h8-11,13,16,18H,7,12H2,1-6H3. The second kappa shape index (κ2) is 7.06. The van der Waals surface area contributed by atoms with Crippen molar-refractivity contribution in [2.45, 2.75) is 58.6 Å². The van der Waals surface area contributed by atoms with Crippen LogP contribution in [-0.2, 0) is 16.6 Å². The highest BCUT2D eigenvalue weighted by Crippen LogP contribution is 2.22. The zero-order chi connectivity index (χ0) is 14.5. The number of hydrogen-bond acceptors (Lipinski definition) is 2. The van der Waals surface area contributed by atoms with Crippen molar-refractivity contribution in [3.8, 4) is 0 Å². The molecule has 1 aromatic carbocycles. The minimum absolute atomic E-state index is 0.222. The highest BCUT2D eigenvalue weighted by atomic mass is 16.5. The van der Waals surface area contributed by atoms with Gasteiger partial charge in [0.05, 0.1) is 6.10 Å². The van der Waals surface area contributed by atoms with E-state index in [2.05, 4.69) is 64.2 Å². The third kappa shape index (κ3) is 4.96. The van der Waals surface area contributed by atoms with Crippen LogP contribution in [0.1, 0.15) is 45.7 Å². The first-order valence-corrected chi connectivity index (χ1v) is 7.24. The molecule has 0 bridgehead atoms. The molecule has 0 aliphatic heterocycles. The Morgan fingerprint density at radius 3 is 2.16 bits per heavy atom. The molecule has 19 heavy (non-hydrogen) atoms. The summed E-state index contributed by atoms with van der Waals surface area (Å²) in [5.74, 6) is 0. The highest BCUT2D eigenvalue weighted by molar-refractivity contribution is 5.28. The van der Waals surface area contributed by atoms with Crippen LogP contribution in [0.4, 0.5) is 0 Å². The minimum atomic E-state index is 0.222. The molecule has 2 atom stereocenters. The molecular formula is C17H29NO. The van der Waals surface area contributed by atoms with E-state index in [0.29, 0.717) is 6.04 Å². The zero-order valence-corrected chi connectivity index (χ0v) is 13.3. The van der Waals surface area contributed by atoms with Crippen LogP contribution in [0.15, 0.2) is 24.3 Å². The monoisotopic (exact) mass is 263 g/mol. The molecule has 1 aromatic rings. The molecule has 0 spiro atoms. The third-order valence-corrected chi connectivity index (χ3v) is 3.68. The molecule has 0 saturated heterocycles. The van der Waals surface area contributed by atoms with Crippen LogP contribution >= 0.6 is 0 Å². The van der Waals surface area contributed by atoms with Gasteiger partial charge in [0.15, 0.2) is 0 Å². The van der Waals surface area contributed by atoms with E-state index in [9.17, 15) is 0 Å². The van der Waals surface area contributed by atoms with E-state index in [-0.39, 0.29) is 11.5 Å². The maximum absolute atomic E-state index is 5.45. The summed E-state index contributed by atoms with van der Waals surface area (Å²) in [5, 5.41) is 3.50. The van der Waals surface area contributed by atoms with Gasteiger partial charge in [0, 0.05) is 13.2 Å². The van der Waals surface area contributed by atoms with Gasteiger partial charge in [-0.2, -0.15) is 0 Å². The van der Waals surface area contributed by atoms with Crippen molar-refractivity contribution >= 4 is 0 Å². The number of likely N-dealkylation sites (N-methyl/N-ethyl adjacent to an activating group) is 1. The van der Waals surface area contributed by atoms with Gasteiger partial charge in [0.25, 0.3) is 0 Å². The Bertz CT molecular complexity index is 364. The van der Waals surface area contributed by atoms with Crippen molar-refractivity contribution < 1.29 is 4.74 Å². The van der Waals surface area contributed by atoms with Gasteiger partial charge in [0.2, 0.25) is 0 Å². The Labute approximate surface area is 118 Å². The van der Waals surface area contributed by atoms with Gasteiger partial charge < -0.3 is 10.1 Å². The Morgan fingerprint density at radius 1 is 1.16 bits per heavy atom. The lowest BCUT2D eigenvalue weighted by atomic mass is 9.86. The summed E-state index contributed by atoms with van der Waals surface area (Å²) in [5.41, 5.74) is 2.97. The molecule has 0 heterocycles. The predicted molar refractivity (Wildman–Crippen MR) is 82.8 cm³/mol. The third-order valence-electron chi connectivity index (χ3n) is 3.68. The number of hydrogen-bond donors (Lipinski definition) is 1. The summed E-state index contributed by atoms with van der Waals surface area (Å²) in [6, 6.07) is 9.35. The fourth-order valence-corrected chi connectivity index (χ4v) is 2.23. The second-order valence-electron chi connectivity index (χ2n) is 6.26. The Kier molecular flexibility index (Phi) is 6.02. The van der Waals surface area contributed by atoms with E-state index in [1.807, 2.05) is 0 Å². The first-order valence-electron chi connectivity index (χ1n) is 7.24. The van der Waals surface area contributed by atoms with Crippen LogP contribution in [0, 0.1) is 0 Å². The van der Waals surface area contributed by atoms with Crippen molar-refractivity contribution in [1.82, 2.24) is 5.32 Å². The summed E-state index contributed by atoms with van der Waals surface area (Å²) >= 11 is 0. The van der Waals surface area contributed by atoms with Crippen molar-refractivity contribution in [3.05, 3.63) is 35.4 Å². The van der Waals surface area contributed by atoms with Gasteiger partial charge >= 0.3 is 0 Å². The fourth-order valence-electron chi connectivity index (χ4n) is 2.23. The molecule has 2 heteroatoms. The van der Waals surface area contributed by atoms with Crippen molar-refractivity contribution in [1.29, 1.82) is 0 Å². The van der Waals surface area contributed by atoms with E-state index in [4.69, 9.17) is 4.74 Å². The molecule has 108 valence electrons. The molecule has 0 aliphatic carbocycles. The lowest BCUT2D eigenvalue weighted by Gasteiger charge is -2.24. The summed E-state index contributed by atoms with van der Waals surface area (Å²) in [7, 11) is 1.78. The van der Waals surface area contributed by atoms with Crippen LogP contribution in [0.3, 0.4) is 0 Å². The lowest BCUT2D eigenvalue weighted by Crippen LogP contribution is -2.40. The van der Waals surface area contributed by atoms with Gasteiger partial charge in [-0.1, -0.05) is 52.0 Å². The topological polar surface area (TPSA) is 21.3 Å². The van der Waals surface area contributed by atoms with E-state index in [1.165, 1.54) is 11.1 Å². The van der Waals surface area contributed by atoms with Gasteiger partial charge in [-0.15, -0.1) is 0 Å². The lowest BCUT2D eigenvalue weighted by molar-refractivity contribution is 0.0836. The molecule has 0 saturated carbocycles. The molecule has 0 aromatic heterocycles. The molecule has 0 radical (unpaired) electrons. The number of methoxy groups -OCH3 is 1. The van der Waals surface area contributed by atoms with Crippen molar-refractivity contribution in [2.24, 2.45) is 0 Å². The Balaban J connectivity index is 2.75. The van der Waals surface area contributed by atoms with Gasteiger partial charge in [-0.25, -0.2) is 0 Å². The molecule has 0 amide bonds. The summed E-state index contributed by atoms with van der Waals surface area (Å²) in [6.07, 6.45) is 1.23. The zero-order valence-electron chi connectivity index (χ0n) is 13.3. The van der Waals surface area contributed by atoms with Gasteiger partial charge in [0.1, 0.15) is 0 Å². The molecular weight excluding hydrogens is 234 g/mol. The van der Waals surface area contributed by atoms with E-state index in [0.717, 1.165) is 13.0 Å². The molecule has 0 aliphatic rings. The van der Waals surface area contributed by atoms with E-state index < -0.39 is 0 Å². The largest absolute Gasteiger partial charge is 0.380 e. The number of nitrogens with one attached hydrogen (secondary N) is 1. The number of rotatable bonds is 6. The van der Waals surface area contributed by atoms with Crippen LogP contribution in [0.5, 0.6) is 0 Å². The normalized spacial score (nSPS) is 15.3. The average molecular weight is 263 g/mol. The van der Waals surface area contributed by atoms with Gasteiger partial charge in [-0.05, 0) is 36.4 Å². The molecule has 1 rings (SSSR count). The molecule has 2 unspecified atom stereocenters. The average Bonchev–Trinajstić information content (AvgIpc) is 2.37. The summed E-state index contributed by atoms with van der Waals surface area (Å²) in [6.45, 7) is 12.0. The maximum atomic E-state index is 5.45. The predicted octanol–water partition coefficient (Wildman–Crippen LogP) is 3.54. The summed E-state index contributed by atoms with van der Waals surface area (Å²) in [4.78, 5) is 0. The number of benzene rings is 1. The number of ether oxygens (including phenoxy) is 1. The SMILES string of the molecule is CCNC(Cc1ccc(C(C)(C)C)cc1)C(C)OC. The van der Waals surface area contributed by atoms with Crippen LogP contribution < -0.4 is 5.32 Å². The highest BCUT2D eigenvalue weighted by Gasteiger charge is 2.17. The minimum Gasteiger partial charge on any atom is -0.380 e. The smallest absolute Gasteiger partial charge is 0.0699 e. The van der Waals surface area contributed by atoms with Gasteiger partial charge in [-0.3, -0.25) is 0 Å². The van der Waals surface area contributed by atoms with Crippen LogP contribution in [0.2, 0.25) is 0 Å². The quantitative estimate of drug-likeness (QED) is 0.847. The Hall–Kier alpha value is -0.860. The van der Waals surface area contributed by atoms with Crippen LogP contribution in [-0.4, -0.2) is 25.8 Å². The van der Waals surface area contributed by atoms with Crippen molar-refractivity contribution in [3.63, 3.8) is 0 Å². The Morgan fingerprint density at radius 2 is 1.74 bits per heavy atom. The van der Waals surface area contributed by atoms with Crippen molar-refractivity contribution in [2.75, 3.05) is 13.7 Å². The van der Waals surface area contributed by atoms with E-state index >= 15 is 0 Å². The molecule has 0 fully saturated rings. The summed E-state index contributed by atoms with van der Waals surface area (Å²) < 4.78 is 5.45. The first kappa shape index (κ1) is 16.2. The van der Waals surface area contributed by atoms with E-state index in [1.54, 1.807) is 7.11 Å². The maximum Gasteiger partial charge on any atom is 0.0699 e. The fraction of sp³-hybridized carbons (Fsp3) is 0.647. The first-order chi connectivity index (χ1) is 8.88. The second-order valence-corrected chi connectivity index (χ2v) is 6.26. The molecule has 1 N–H and O–H groups in total.